The fourth-order valence-electron chi connectivity index (χ4n) is 3.13. The maximum atomic E-state index is 5.56. The van der Waals surface area contributed by atoms with E-state index in [1.165, 1.54) is 12.8 Å². The third-order valence-corrected chi connectivity index (χ3v) is 4.73. The summed E-state index contributed by atoms with van der Waals surface area (Å²) in [5, 5.41) is 11.5. The highest BCUT2D eigenvalue weighted by Gasteiger charge is 2.14. The van der Waals surface area contributed by atoms with Crippen molar-refractivity contribution in [3.63, 3.8) is 0 Å². The van der Waals surface area contributed by atoms with Gasteiger partial charge in [0, 0.05) is 24.4 Å². The van der Waals surface area contributed by atoms with Crippen LogP contribution in [-0.2, 0) is 6.54 Å². The number of anilines is 2. The van der Waals surface area contributed by atoms with Crippen LogP contribution >= 0.6 is 0 Å². The number of nitrogens with two attached hydrogens (primary N) is 1. The molecule has 0 saturated heterocycles. The average Bonchev–Trinajstić information content (AvgIpc) is 3.14. The first kappa shape index (κ1) is 20.1. The molecule has 3 heterocycles. The van der Waals surface area contributed by atoms with Gasteiger partial charge in [0.1, 0.15) is 11.6 Å². The fraction of sp³-hybridized carbons (Fsp3) is 0.476. The number of rotatable bonds is 11. The minimum atomic E-state index is 0.361. The third kappa shape index (κ3) is 5.19. The highest BCUT2D eigenvalue weighted by molar-refractivity contribution is 5.60. The second-order valence-electron chi connectivity index (χ2n) is 7.32. The molecule has 0 saturated carbocycles. The van der Waals surface area contributed by atoms with Gasteiger partial charge >= 0.3 is 0 Å². The average molecular weight is 382 g/mol. The lowest BCUT2D eigenvalue weighted by Crippen LogP contribution is -2.10. The topological polar surface area (TPSA) is 93.2 Å². The van der Waals surface area contributed by atoms with Crippen molar-refractivity contribution in [1.29, 1.82) is 0 Å². The quantitative estimate of drug-likeness (QED) is 0.438. The van der Waals surface area contributed by atoms with Crippen molar-refractivity contribution in [2.75, 3.05) is 23.7 Å². The van der Waals surface area contributed by atoms with Crippen LogP contribution in [0.25, 0.3) is 5.65 Å². The molecular weight excluding hydrogens is 350 g/mol. The van der Waals surface area contributed by atoms with Crippen LogP contribution in [0, 0.1) is 0 Å². The molecule has 7 heteroatoms. The molecule has 150 valence electrons. The second-order valence-corrected chi connectivity index (χ2v) is 7.32. The minimum absolute atomic E-state index is 0.361. The number of hydrogen-bond donors (Lipinski definition) is 3. The van der Waals surface area contributed by atoms with Crippen LogP contribution < -0.4 is 16.4 Å². The van der Waals surface area contributed by atoms with E-state index < -0.39 is 0 Å². The molecule has 0 atom stereocenters. The van der Waals surface area contributed by atoms with Crippen molar-refractivity contribution in [2.24, 2.45) is 5.73 Å². The predicted molar refractivity (Wildman–Crippen MR) is 115 cm³/mol. The largest absolute Gasteiger partial charge is 0.370 e. The van der Waals surface area contributed by atoms with Gasteiger partial charge in [-0.2, -0.15) is 9.61 Å². The monoisotopic (exact) mass is 381 g/mol. The van der Waals surface area contributed by atoms with Crippen LogP contribution in [0.5, 0.6) is 0 Å². The number of pyridine rings is 1. The summed E-state index contributed by atoms with van der Waals surface area (Å²) in [6, 6.07) is 7.95. The van der Waals surface area contributed by atoms with Crippen molar-refractivity contribution < 1.29 is 0 Å². The fourth-order valence-corrected chi connectivity index (χ4v) is 3.13. The van der Waals surface area contributed by atoms with Crippen LogP contribution in [0.1, 0.15) is 56.7 Å². The summed E-state index contributed by atoms with van der Waals surface area (Å²) in [6.45, 7) is 6.64. The van der Waals surface area contributed by atoms with E-state index in [2.05, 4.69) is 34.6 Å². The SMILES string of the molecule is CC(C)c1cnn2c(NCc3ccccn3)cc(NCCCCCCN)nc12. The maximum absolute atomic E-state index is 5.56. The Morgan fingerprint density at radius 2 is 1.96 bits per heavy atom. The van der Waals surface area contributed by atoms with E-state index >= 15 is 0 Å². The first-order valence-corrected chi connectivity index (χ1v) is 10.2. The zero-order valence-corrected chi connectivity index (χ0v) is 16.9. The molecule has 3 aromatic heterocycles. The van der Waals surface area contributed by atoms with Gasteiger partial charge in [0.15, 0.2) is 5.65 Å². The van der Waals surface area contributed by atoms with Crippen molar-refractivity contribution in [3.05, 3.63) is 47.9 Å². The van der Waals surface area contributed by atoms with E-state index in [1.807, 2.05) is 41.2 Å². The molecule has 0 spiro atoms. The molecule has 0 aromatic carbocycles. The molecule has 0 bridgehead atoms. The van der Waals surface area contributed by atoms with Crippen molar-refractivity contribution in [3.8, 4) is 0 Å². The van der Waals surface area contributed by atoms with Crippen molar-refractivity contribution in [1.82, 2.24) is 19.6 Å². The summed E-state index contributed by atoms with van der Waals surface area (Å²) in [5.41, 5.74) is 8.58. The standard InChI is InChI=1S/C21H31N7/c1-16(2)18-15-26-28-20(25-14-17-9-5-8-11-23-17)13-19(27-21(18)28)24-12-7-4-3-6-10-22/h5,8-9,11,13,15-16,25H,3-4,6-7,10,12,14,22H2,1-2H3,(H,24,27). The first-order chi connectivity index (χ1) is 13.7. The second kappa shape index (κ2) is 10.0. The summed E-state index contributed by atoms with van der Waals surface area (Å²) in [4.78, 5) is 9.20. The Kier molecular flexibility index (Phi) is 7.19. The Hall–Kier alpha value is -2.67. The molecule has 4 N–H and O–H groups in total. The summed E-state index contributed by atoms with van der Waals surface area (Å²) < 4.78 is 1.88. The molecular formula is C21H31N7. The van der Waals surface area contributed by atoms with E-state index in [0.29, 0.717) is 12.5 Å². The van der Waals surface area contributed by atoms with E-state index in [-0.39, 0.29) is 0 Å². The Morgan fingerprint density at radius 1 is 1.11 bits per heavy atom. The molecule has 28 heavy (non-hydrogen) atoms. The molecule has 3 rings (SSSR count). The summed E-state index contributed by atoms with van der Waals surface area (Å²) in [6.07, 6.45) is 8.29. The van der Waals surface area contributed by atoms with E-state index in [1.54, 1.807) is 0 Å². The molecule has 0 fully saturated rings. The van der Waals surface area contributed by atoms with Gasteiger partial charge in [-0.15, -0.1) is 0 Å². The number of unbranched alkanes of at least 4 members (excludes halogenated alkanes) is 3. The third-order valence-electron chi connectivity index (χ3n) is 4.73. The van der Waals surface area contributed by atoms with Crippen LogP contribution in [0.2, 0.25) is 0 Å². The lowest BCUT2D eigenvalue weighted by Gasteiger charge is -2.13. The molecule has 3 aromatic rings. The lowest BCUT2D eigenvalue weighted by atomic mass is 10.1. The predicted octanol–water partition coefficient (Wildman–Crippen LogP) is 3.79. The van der Waals surface area contributed by atoms with Gasteiger partial charge in [0.2, 0.25) is 0 Å². The van der Waals surface area contributed by atoms with Crippen LogP contribution in [-0.4, -0.2) is 32.7 Å². The molecule has 7 nitrogen and oxygen atoms in total. The molecule has 0 amide bonds. The van der Waals surface area contributed by atoms with E-state index in [4.69, 9.17) is 10.7 Å². The van der Waals surface area contributed by atoms with Gasteiger partial charge in [0.25, 0.3) is 0 Å². The Balaban J connectivity index is 1.76. The molecule has 0 radical (unpaired) electrons. The Bertz CT molecular complexity index is 858. The number of nitrogens with zero attached hydrogens (tertiary/aromatic N) is 4. The van der Waals surface area contributed by atoms with Gasteiger partial charge < -0.3 is 16.4 Å². The van der Waals surface area contributed by atoms with Gasteiger partial charge in [-0.25, -0.2) is 4.98 Å². The summed E-state index contributed by atoms with van der Waals surface area (Å²) in [5.74, 6) is 2.14. The van der Waals surface area contributed by atoms with Crippen LogP contribution in [0.3, 0.4) is 0 Å². The van der Waals surface area contributed by atoms with Gasteiger partial charge in [-0.1, -0.05) is 32.8 Å². The highest BCUT2D eigenvalue weighted by Crippen LogP contribution is 2.24. The molecule has 0 aliphatic carbocycles. The van der Waals surface area contributed by atoms with Gasteiger partial charge in [0.05, 0.1) is 18.4 Å². The molecule has 0 aliphatic heterocycles. The van der Waals surface area contributed by atoms with Crippen molar-refractivity contribution in [2.45, 2.75) is 52.0 Å². The normalized spacial score (nSPS) is 11.3. The van der Waals surface area contributed by atoms with E-state index in [0.717, 1.165) is 54.5 Å². The number of nitrogens with one attached hydrogen (secondary N) is 2. The van der Waals surface area contributed by atoms with Crippen molar-refractivity contribution >= 4 is 17.3 Å². The van der Waals surface area contributed by atoms with Crippen LogP contribution in [0.4, 0.5) is 11.6 Å². The smallest absolute Gasteiger partial charge is 0.163 e. The highest BCUT2D eigenvalue weighted by atomic mass is 15.3. The molecule has 0 aliphatic rings. The van der Waals surface area contributed by atoms with Crippen LogP contribution in [0.15, 0.2) is 36.7 Å². The maximum Gasteiger partial charge on any atom is 0.163 e. The molecule has 0 unspecified atom stereocenters. The first-order valence-electron chi connectivity index (χ1n) is 10.2. The van der Waals surface area contributed by atoms with Gasteiger partial charge in [-0.05, 0) is 37.4 Å². The number of fused-ring (bicyclic) bond motifs is 1. The Labute approximate surface area is 166 Å². The van der Waals surface area contributed by atoms with Gasteiger partial charge in [-0.3, -0.25) is 4.98 Å². The Morgan fingerprint density at radius 3 is 2.71 bits per heavy atom. The lowest BCUT2D eigenvalue weighted by molar-refractivity contribution is 0.661. The zero-order chi connectivity index (χ0) is 19.8. The summed E-state index contributed by atoms with van der Waals surface area (Å²) >= 11 is 0. The van der Waals surface area contributed by atoms with E-state index in [9.17, 15) is 0 Å². The summed E-state index contributed by atoms with van der Waals surface area (Å²) in [7, 11) is 0. The minimum Gasteiger partial charge on any atom is -0.370 e. The zero-order valence-electron chi connectivity index (χ0n) is 16.9. The number of aromatic nitrogens is 4. The number of hydrogen-bond acceptors (Lipinski definition) is 6.